The van der Waals surface area contributed by atoms with E-state index in [1.807, 2.05) is 30.3 Å². The molecule has 7 rings (SSSR count). The highest BCUT2D eigenvalue weighted by Crippen LogP contribution is 2.55. The fraction of sp³-hybridized carbons (Fsp3) is 0.419. The van der Waals surface area contributed by atoms with E-state index in [1.165, 1.54) is 11.3 Å². The second-order valence-electron chi connectivity index (χ2n) is 11.8. The minimum atomic E-state index is -0.698. The Kier molecular flexibility index (Phi) is 5.68. The minimum Gasteiger partial charge on any atom is -0.481 e. The van der Waals surface area contributed by atoms with Crippen LogP contribution in [0, 0.1) is 5.41 Å². The van der Waals surface area contributed by atoms with Crippen LogP contribution in [0.15, 0.2) is 52.6 Å². The van der Waals surface area contributed by atoms with Gasteiger partial charge in [-0.15, -0.1) is 0 Å². The van der Waals surface area contributed by atoms with E-state index in [9.17, 15) is 9.90 Å². The van der Waals surface area contributed by atoms with E-state index in [0.717, 1.165) is 92.6 Å². The summed E-state index contributed by atoms with van der Waals surface area (Å²) in [5.41, 5.74) is 5.86. The van der Waals surface area contributed by atoms with E-state index < -0.39 is 11.4 Å². The molecule has 38 heavy (non-hydrogen) atoms. The number of aromatic nitrogens is 1. The maximum absolute atomic E-state index is 11.6. The quantitative estimate of drug-likeness (QED) is 0.337. The van der Waals surface area contributed by atoms with Crippen molar-refractivity contribution in [2.24, 2.45) is 5.41 Å². The number of rotatable bonds is 6. The molecule has 2 aromatic carbocycles. The first kappa shape index (κ1) is 24.3. The third-order valence-electron chi connectivity index (χ3n) is 9.22. The number of carbonyl (C=O) groups is 1. The van der Waals surface area contributed by atoms with Crippen LogP contribution in [0.1, 0.15) is 74.2 Å². The molecule has 5 nitrogen and oxygen atoms in total. The summed E-state index contributed by atoms with van der Waals surface area (Å²) in [5.74, 6) is 0.716. The standard InChI is InChI=1S/C31H30Cl2N2O3/c32-24-2-1-3-25(33)26(24)27-23(28(38-34-27)20-4-5-20)16-19-17-30(18-19)12-14-35(15-13-30)22-8-6-21(7-9-22)31(10-11-31)29(36)37/h1-3,6-9,16,20H,4-5,10-15,17-18H2,(H,36,37). The lowest BCUT2D eigenvalue weighted by atomic mass is 9.60. The molecule has 1 aliphatic heterocycles. The monoisotopic (exact) mass is 548 g/mol. The Morgan fingerprint density at radius 2 is 1.66 bits per heavy atom. The van der Waals surface area contributed by atoms with Gasteiger partial charge < -0.3 is 14.5 Å². The van der Waals surface area contributed by atoms with E-state index in [0.29, 0.717) is 21.4 Å². The number of piperidine rings is 1. The molecule has 1 aromatic heterocycles. The molecule has 3 saturated carbocycles. The topological polar surface area (TPSA) is 66.6 Å². The van der Waals surface area contributed by atoms with Crippen LogP contribution in [0.2, 0.25) is 10.0 Å². The summed E-state index contributed by atoms with van der Waals surface area (Å²) in [4.78, 5) is 14.1. The molecule has 1 saturated heterocycles. The number of halogens is 2. The Balaban J connectivity index is 1.05. The van der Waals surface area contributed by atoms with Crippen molar-refractivity contribution in [1.82, 2.24) is 5.16 Å². The highest BCUT2D eigenvalue weighted by molar-refractivity contribution is 6.39. The lowest BCUT2D eigenvalue weighted by Crippen LogP contribution is -2.44. The van der Waals surface area contributed by atoms with Gasteiger partial charge in [0.2, 0.25) is 0 Å². The number of hydrogen-bond acceptors (Lipinski definition) is 4. The van der Waals surface area contributed by atoms with Gasteiger partial charge in [-0.1, -0.05) is 52.1 Å². The number of aliphatic carboxylic acids is 1. The zero-order chi connectivity index (χ0) is 26.1. The van der Waals surface area contributed by atoms with Gasteiger partial charge in [-0.3, -0.25) is 4.79 Å². The summed E-state index contributed by atoms with van der Waals surface area (Å²) in [5, 5.41) is 15.2. The van der Waals surface area contributed by atoms with E-state index in [-0.39, 0.29) is 0 Å². The largest absolute Gasteiger partial charge is 0.481 e. The molecule has 0 atom stereocenters. The maximum atomic E-state index is 11.6. The molecule has 0 unspecified atom stereocenters. The molecule has 7 heteroatoms. The van der Waals surface area contributed by atoms with Crippen LogP contribution in [-0.2, 0) is 10.2 Å². The van der Waals surface area contributed by atoms with Crippen molar-refractivity contribution in [2.45, 2.75) is 62.7 Å². The molecule has 196 valence electrons. The Morgan fingerprint density at radius 3 is 2.24 bits per heavy atom. The van der Waals surface area contributed by atoms with Crippen molar-refractivity contribution in [3.63, 3.8) is 0 Å². The van der Waals surface area contributed by atoms with Crippen LogP contribution in [0.25, 0.3) is 17.3 Å². The fourth-order valence-corrected chi connectivity index (χ4v) is 7.12. The average Bonchev–Trinajstić information content (AvgIpc) is 3.82. The second kappa shape index (κ2) is 8.89. The van der Waals surface area contributed by atoms with Gasteiger partial charge in [0.15, 0.2) is 0 Å². The SMILES string of the molecule is O=C(O)C1(c2ccc(N3CCC4(CC3)CC(=Cc3c(-c5c(Cl)cccc5Cl)noc3C3CC3)C4)cc2)CC1. The summed E-state index contributed by atoms with van der Waals surface area (Å²) < 4.78 is 5.85. The Labute approximate surface area is 232 Å². The molecule has 0 bridgehead atoms. The summed E-state index contributed by atoms with van der Waals surface area (Å²) in [7, 11) is 0. The molecule has 0 radical (unpaired) electrons. The molecule has 3 aromatic rings. The Hall–Kier alpha value is -2.76. The number of allylic oxidation sites excluding steroid dienone is 1. The second-order valence-corrected chi connectivity index (χ2v) is 12.6. The third kappa shape index (κ3) is 4.06. The van der Waals surface area contributed by atoms with E-state index in [4.69, 9.17) is 27.7 Å². The van der Waals surface area contributed by atoms with Crippen molar-refractivity contribution >= 4 is 40.9 Å². The van der Waals surface area contributed by atoms with Gasteiger partial charge in [-0.2, -0.15) is 0 Å². The van der Waals surface area contributed by atoms with Crippen molar-refractivity contribution in [2.75, 3.05) is 18.0 Å². The minimum absolute atomic E-state index is 0.364. The molecule has 2 heterocycles. The zero-order valence-corrected chi connectivity index (χ0v) is 22.7. The number of hydrogen-bond donors (Lipinski definition) is 1. The lowest BCUT2D eigenvalue weighted by molar-refractivity contribution is -0.140. The molecule has 0 amide bonds. The molecule has 1 N–H and O–H groups in total. The summed E-state index contributed by atoms with van der Waals surface area (Å²) in [6.45, 7) is 2.05. The maximum Gasteiger partial charge on any atom is 0.314 e. The highest BCUT2D eigenvalue weighted by atomic mass is 35.5. The predicted molar refractivity (Wildman–Crippen MR) is 150 cm³/mol. The van der Waals surface area contributed by atoms with Gasteiger partial charge in [-0.25, -0.2) is 0 Å². The molecule has 3 aliphatic carbocycles. The van der Waals surface area contributed by atoms with Crippen molar-refractivity contribution < 1.29 is 14.4 Å². The van der Waals surface area contributed by atoms with Gasteiger partial charge in [0, 0.05) is 35.8 Å². The average molecular weight is 549 g/mol. The number of carboxylic acid groups (broad SMARTS) is 1. The van der Waals surface area contributed by atoms with Gasteiger partial charge in [0.05, 0.1) is 15.5 Å². The smallest absolute Gasteiger partial charge is 0.314 e. The normalized spacial score (nSPS) is 21.3. The van der Waals surface area contributed by atoms with Crippen LogP contribution in [0.5, 0.6) is 0 Å². The number of benzene rings is 2. The Bertz CT molecular complexity index is 1410. The first-order chi connectivity index (χ1) is 18.4. The van der Waals surface area contributed by atoms with E-state index in [2.05, 4.69) is 28.3 Å². The first-order valence-electron chi connectivity index (χ1n) is 13.6. The zero-order valence-electron chi connectivity index (χ0n) is 21.2. The Morgan fingerprint density at radius 1 is 1.00 bits per heavy atom. The van der Waals surface area contributed by atoms with Gasteiger partial charge >= 0.3 is 5.97 Å². The molecular formula is C31H30Cl2N2O3. The molecule has 4 aliphatic rings. The first-order valence-corrected chi connectivity index (χ1v) is 14.4. The number of nitrogens with zero attached hydrogens (tertiary/aromatic N) is 2. The van der Waals surface area contributed by atoms with Gasteiger partial charge in [0.1, 0.15) is 11.5 Å². The van der Waals surface area contributed by atoms with Crippen LogP contribution >= 0.6 is 23.2 Å². The van der Waals surface area contributed by atoms with Crippen LogP contribution in [0.4, 0.5) is 5.69 Å². The van der Waals surface area contributed by atoms with E-state index >= 15 is 0 Å². The number of anilines is 1. The highest BCUT2D eigenvalue weighted by Gasteiger charge is 2.51. The van der Waals surface area contributed by atoms with Crippen LogP contribution in [-0.4, -0.2) is 29.3 Å². The summed E-state index contributed by atoms with van der Waals surface area (Å²) >= 11 is 13.1. The molecule has 1 spiro atoms. The van der Waals surface area contributed by atoms with Crippen molar-refractivity contribution in [3.05, 3.63) is 75.0 Å². The van der Waals surface area contributed by atoms with Gasteiger partial charge in [0.25, 0.3) is 0 Å². The summed E-state index contributed by atoms with van der Waals surface area (Å²) in [6.07, 6.45) is 10.6. The van der Waals surface area contributed by atoms with Crippen molar-refractivity contribution in [1.29, 1.82) is 0 Å². The molecular weight excluding hydrogens is 519 g/mol. The van der Waals surface area contributed by atoms with Crippen molar-refractivity contribution in [3.8, 4) is 11.3 Å². The molecule has 4 fully saturated rings. The summed E-state index contributed by atoms with van der Waals surface area (Å²) in [6, 6.07) is 13.8. The fourth-order valence-electron chi connectivity index (χ4n) is 6.55. The lowest BCUT2D eigenvalue weighted by Gasteiger charge is -2.50. The third-order valence-corrected chi connectivity index (χ3v) is 9.85. The predicted octanol–water partition coefficient (Wildman–Crippen LogP) is 8.11. The van der Waals surface area contributed by atoms with Crippen LogP contribution in [0.3, 0.4) is 0 Å². The van der Waals surface area contributed by atoms with E-state index in [1.54, 1.807) is 0 Å². The van der Waals surface area contributed by atoms with Crippen LogP contribution < -0.4 is 4.90 Å². The number of carboxylic acids is 1. The van der Waals surface area contributed by atoms with Gasteiger partial charge in [-0.05, 0) is 92.7 Å².